The van der Waals surface area contributed by atoms with Gasteiger partial charge in [0.05, 0.1) is 0 Å². The van der Waals surface area contributed by atoms with Gasteiger partial charge in [0.1, 0.15) is 5.66 Å². The predicted molar refractivity (Wildman–Crippen MR) is 72.6 cm³/mol. The second-order valence-electron chi connectivity index (χ2n) is 4.52. The molecule has 1 aromatic carbocycles. The summed E-state index contributed by atoms with van der Waals surface area (Å²) in [7, 11) is 0. The van der Waals surface area contributed by atoms with Crippen LogP contribution in [0.2, 0.25) is 0 Å². The summed E-state index contributed by atoms with van der Waals surface area (Å²) in [4.78, 5) is 11.0. The quantitative estimate of drug-likeness (QED) is 0.415. The van der Waals surface area contributed by atoms with Crippen molar-refractivity contribution >= 4 is 11.6 Å². The van der Waals surface area contributed by atoms with Crippen LogP contribution in [0.25, 0.3) is 0 Å². The molecule has 0 radical (unpaired) electrons. The first-order valence-electron chi connectivity index (χ1n) is 5.80. The molecule has 94 valence electrons. The minimum atomic E-state index is -0.879. The van der Waals surface area contributed by atoms with E-state index in [4.69, 9.17) is 11.5 Å². The van der Waals surface area contributed by atoms with Gasteiger partial charge in [0, 0.05) is 18.5 Å². The number of nitrogens with one attached hydrogen (secondary N) is 1. The highest BCUT2D eigenvalue weighted by atomic mass is 16.1. The van der Waals surface area contributed by atoms with E-state index < -0.39 is 5.66 Å². The summed E-state index contributed by atoms with van der Waals surface area (Å²) in [6.45, 7) is 1.45. The molecule has 0 saturated heterocycles. The molecule has 0 spiro atoms. The number of carbonyl (C=O) groups excluding carboxylic acids is 1. The van der Waals surface area contributed by atoms with Gasteiger partial charge in [0.15, 0.2) is 0 Å². The second kappa shape index (κ2) is 4.66. The summed E-state index contributed by atoms with van der Waals surface area (Å²) in [5.74, 6) is 0.00812. The molecule has 18 heavy (non-hydrogen) atoms. The number of benzene rings is 1. The number of allylic oxidation sites excluding steroid dienone is 2. The van der Waals surface area contributed by atoms with Gasteiger partial charge < -0.3 is 16.8 Å². The molecule has 0 fully saturated rings. The number of nitrogens with two attached hydrogens (primary N) is 2. The molecular weight excluding hydrogens is 226 g/mol. The Bertz CT molecular complexity index is 488. The Morgan fingerprint density at radius 3 is 2.28 bits per heavy atom. The summed E-state index contributed by atoms with van der Waals surface area (Å²) >= 11 is 0. The number of hydrogen-bond donors (Lipinski definition) is 3. The van der Waals surface area contributed by atoms with Crippen molar-refractivity contribution in [3.63, 3.8) is 0 Å². The van der Waals surface area contributed by atoms with E-state index in [1.807, 2.05) is 36.4 Å². The van der Waals surface area contributed by atoms with Gasteiger partial charge in [-0.3, -0.25) is 4.79 Å². The Morgan fingerprint density at radius 2 is 1.78 bits per heavy atom. The fraction of sp³-hybridized carbons (Fsp3) is 0.214. The van der Waals surface area contributed by atoms with E-state index in [9.17, 15) is 4.79 Å². The minimum absolute atomic E-state index is 0.155. The fourth-order valence-electron chi connectivity index (χ4n) is 1.97. The zero-order chi connectivity index (χ0) is 13.2. The highest BCUT2D eigenvalue weighted by molar-refractivity contribution is 5.74. The van der Waals surface area contributed by atoms with Crippen molar-refractivity contribution in [2.24, 2.45) is 5.73 Å². The lowest BCUT2D eigenvalue weighted by Gasteiger charge is -2.27. The summed E-state index contributed by atoms with van der Waals surface area (Å²) in [5.41, 5.74) is 12.7. The molecule has 0 atom stereocenters. The summed E-state index contributed by atoms with van der Waals surface area (Å²) in [5, 5.41) is 2.68. The molecule has 0 bridgehead atoms. The third-order valence-corrected chi connectivity index (χ3v) is 2.87. The molecule has 0 aromatic heterocycles. The van der Waals surface area contributed by atoms with Gasteiger partial charge in [-0.15, -0.1) is 0 Å². The van der Waals surface area contributed by atoms with Crippen molar-refractivity contribution < 1.29 is 4.79 Å². The third-order valence-electron chi connectivity index (χ3n) is 2.87. The molecule has 0 aliphatic heterocycles. The number of carbonyl (C=O) groups is 1. The Hall–Kier alpha value is -2.07. The number of hydrogen-bond acceptors (Lipinski definition) is 3. The lowest BCUT2D eigenvalue weighted by molar-refractivity contribution is -0.119. The van der Waals surface area contributed by atoms with Gasteiger partial charge in [-0.25, -0.2) is 0 Å². The number of nitrogen functional groups attached to an aromatic ring is 1. The first kappa shape index (κ1) is 12.4. The normalized spacial score (nSPS) is 26.0. The molecule has 1 amide bonds. The first-order chi connectivity index (χ1) is 8.48. The first-order valence-corrected chi connectivity index (χ1v) is 5.80. The minimum Gasteiger partial charge on any atom is -0.399 e. The lowest BCUT2D eigenvalue weighted by atomic mass is 9.91. The van der Waals surface area contributed by atoms with Crippen molar-refractivity contribution in [1.82, 2.24) is 5.32 Å². The maximum absolute atomic E-state index is 11.0. The second-order valence-corrected chi connectivity index (χ2v) is 4.52. The zero-order valence-electron chi connectivity index (χ0n) is 10.3. The van der Waals surface area contributed by atoms with Gasteiger partial charge in [0.25, 0.3) is 0 Å². The standard InChI is InChI=1S/C14H17N3O/c1-10(18)17-14(16)8-6-12(7-9-14)11-2-4-13(15)5-3-11/h2-9,12H,15-16H2,1H3,(H,17,18). The van der Waals surface area contributed by atoms with Gasteiger partial charge in [-0.2, -0.15) is 0 Å². The predicted octanol–water partition coefficient (Wildman–Crippen LogP) is 1.27. The average Bonchev–Trinajstić information content (AvgIpc) is 2.30. The number of rotatable bonds is 2. The van der Waals surface area contributed by atoms with Gasteiger partial charge in [-0.05, 0) is 29.8 Å². The van der Waals surface area contributed by atoms with Crippen LogP contribution in [-0.4, -0.2) is 11.6 Å². The molecule has 1 aliphatic carbocycles. The molecule has 5 N–H and O–H groups in total. The molecule has 1 aliphatic rings. The van der Waals surface area contributed by atoms with Crippen LogP contribution in [0.1, 0.15) is 18.4 Å². The Morgan fingerprint density at radius 1 is 1.22 bits per heavy atom. The van der Waals surface area contributed by atoms with E-state index in [0.717, 1.165) is 11.3 Å². The van der Waals surface area contributed by atoms with Crippen LogP contribution in [0.15, 0.2) is 48.6 Å². The SMILES string of the molecule is CC(=O)NC1(N)C=CC(c2ccc(N)cc2)C=C1. The molecule has 1 aromatic rings. The molecule has 0 unspecified atom stereocenters. The average molecular weight is 243 g/mol. The maximum atomic E-state index is 11.0. The molecule has 0 heterocycles. The van der Waals surface area contributed by atoms with E-state index in [-0.39, 0.29) is 11.8 Å². The van der Waals surface area contributed by atoms with Gasteiger partial charge in [0.2, 0.25) is 5.91 Å². The van der Waals surface area contributed by atoms with Crippen LogP contribution in [0.3, 0.4) is 0 Å². The summed E-state index contributed by atoms with van der Waals surface area (Å²) < 4.78 is 0. The lowest BCUT2D eigenvalue weighted by Crippen LogP contribution is -2.52. The molecule has 4 nitrogen and oxygen atoms in total. The summed E-state index contributed by atoms with van der Waals surface area (Å²) in [6, 6.07) is 7.71. The van der Waals surface area contributed by atoms with Crippen molar-refractivity contribution in [1.29, 1.82) is 0 Å². The molecular formula is C14H17N3O. The molecule has 4 heteroatoms. The van der Waals surface area contributed by atoms with Crippen LogP contribution >= 0.6 is 0 Å². The Labute approximate surface area is 106 Å². The highest BCUT2D eigenvalue weighted by Gasteiger charge is 2.23. The van der Waals surface area contributed by atoms with E-state index >= 15 is 0 Å². The van der Waals surface area contributed by atoms with Crippen LogP contribution in [0.5, 0.6) is 0 Å². The van der Waals surface area contributed by atoms with E-state index in [2.05, 4.69) is 5.32 Å². The third kappa shape index (κ3) is 2.78. The smallest absolute Gasteiger partial charge is 0.218 e. The van der Waals surface area contributed by atoms with E-state index in [1.54, 1.807) is 12.2 Å². The van der Waals surface area contributed by atoms with Gasteiger partial charge >= 0.3 is 0 Å². The highest BCUT2D eigenvalue weighted by Crippen LogP contribution is 2.25. The van der Waals surface area contributed by atoms with E-state index in [1.165, 1.54) is 6.92 Å². The van der Waals surface area contributed by atoms with Crippen LogP contribution < -0.4 is 16.8 Å². The van der Waals surface area contributed by atoms with Crippen molar-refractivity contribution in [3.8, 4) is 0 Å². The van der Waals surface area contributed by atoms with Crippen molar-refractivity contribution in [2.45, 2.75) is 18.5 Å². The largest absolute Gasteiger partial charge is 0.399 e. The fourth-order valence-corrected chi connectivity index (χ4v) is 1.97. The summed E-state index contributed by atoms with van der Waals surface area (Å²) in [6.07, 6.45) is 7.55. The van der Waals surface area contributed by atoms with Gasteiger partial charge in [-0.1, -0.05) is 24.3 Å². The topological polar surface area (TPSA) is 81.1 Å². The van der Waals surface area contributed by atoms with Crippen LogP contribution in [0.4, 0.5) is 5.69 Å². The molecule has 0 saturated carbocycles. The van der Waals surface area contributed by atoms with Crippen LogP contribution in [0, 0.1) is 0 Å². The maximum Gasteiger partial charge on any atom is 0.218 e. The van der Waals surface area contributed by atoms with Crippen LogP contribution in [-0.2, 0) is 4.79 Å². The molecule has 2 rings (SSSR count). The number of anilines is 1. The van der Waals surface area contributed by atoms with Crippen molar-refractivity contribution in [3.05, 3.63) is 54.1 Å². The number of amides is 1. The van der Waals surface area contributed by atoms with Crippen molar-refractivity contribution in [2.75, 3.05) is 5.73 Å². The Kier molecular flexibility index (Phi) is 3.21. The Balaban J connectivity index is 2.13. The zero-order valence-corrected chi connectivity index (χ0v) is 10.3. The van der Waals surface area contributed by atoms with E-state index in [0.29, 0.717) is 0 Å². The monoisotopic (exact) mass is 243 g/mol.